The molecule has 0 aromatic rings. The minimum Gasteiger partial charge on any atom is -0.381 e. The van der Waals surface area contributed by atoms with Gasteiger partial charge in [-0.05, 0) is 45.8 Å². The van der Waals surface area contributed by atoms with Crippen LogP contribution < -0.4 is 5.32 Å². The summed E-state index contributed by atoms with van der Waals surface area (Å²) < 4.78 is 5.71. The average molecular weight is 226 g/mol. The van der Waals surface area contributed by atoms with Crippen LogP contribution in [0, 0.1) is 5.41 Å². The molecule has 2 heterocycles. The van der Waals surface area contributed by atoms with Crippen LogP contribution in [0.1, 0.15) is 32.1 Å². The van der Waals surface area contributed by atoms with E-state index >= 15 is 0 Å². The Labute approximate surface area is 99.5 Å². The van der Waals surface area contributed by atoms with Gasteiger partial charge in [0.05, 0.1) is 6.61 Å². The van der Waals surface area contributed by atoms with Crippen molar-refractivity contribution in [2.45, 2.75) is 32.1 Å². The number of rotatable bonds is 4. The van der Waals surface area contributed by atoms with Gasteiger partial charge in [0, 0.05) is 25.1 Å². The largest absolute Gasteiger partial charge is 0.381 e. The van der Waals surface area contributed by atoms with Crippen LogP contribution >= 0.6 is 0 Å². The Kier molecular flexibility index (Phi) is 4.62. The summed E-state index contributed by atoms with van der Waals surface area (Å²) in [6.45, 7) is 6.84. The number of hydrogen-bond acceptors (Lipinski definition) is 3. The van der Waals surface area contributed by atoms with E-state index in [1.165, 1.54) is 51.7 Å². The highest BCUT2D eigenvalue weighted by Crippen LogP contribution is 2.30. The molecule has 0 aromatic heterocycles. The molecule has 2 aliphatic rings. The van der Waals surface area contributed by atoms with Crippen LogP contribution in [-0.4, -0.2) is 51.3 Å². The molecule has 2 saturated heterocycles. The minimum atomic E-state index is 0.379. The van der Waals surface area contributed by atoms with Crippen molar-refractivity contribution in [2.24, 2.45) is 5.41 Å². The van der Waals surface area contributed by atoms with Crippen LogP contribution in [0.3, 0.4) is 0 Å². The molecule has 16 heavy (non-hydrogen) atoms. The Morgan fingerprint density at radius 1 is 1.19 bits per heavy atom. The van der Waals surface area contributed by atoms with Crippen molar-refractivity contribution in [1.82, 2.24) is 10.2 Å². The zero-order valence-corrected chi connectivity index (χ0v) is 10.6. The van der Waals surface area contributed by atoms with E-state index in [4.69, 9.17) is 4.74 Å². The summed E-state index contributed by atoms with van der Waals surface area (Å²) in [7, 11) is 2.06. The van der Waals surface area contributed by atoms with Gasteiger partial charge in [0.15, 0.2) is 0 Å². The molecule has 1 unspecified atom stereocenters. The van der Waals surface area contributed by atoms with Gasteiger partial charge in [-0.3, -0.25) is 0 Å². The van der Waals surface area contributed by atoms with Gasteiger partial charge in [-0.2, -0.15) is 0 Å². The second kappa shape index (κ2) is 5.99. The number of nitrogens with one attached hydrogen (secondary N) is 1. The summed E-state index contributed by atoms with van der Waals surface area (Å²) in [6.07, 6.45) is 6.75. The zero-order valence-electron chi connectivity index (χ0n) is 10.6. The number of ether oxygens (including phenoxy) is 1. The average Bonchev–Trinajstić information content (AvgIpc) is 2.31. The molecule has 2 rings (SSSR count). The third-order valence-corrected chi connectivity index (χ3v) is 3.96. The first-order valence-electron chi connectivity index (χ1n) is 6.79. The minimum absolute atomic E-state index is 0.379. The molecule has 0 radical (unpaired) electrons. The van der Waals surface area contributed by atoms with Crippen molar-refractivity contribution < 1.29 is 4.74 Å². The molecule has 3 nitrogen and oxygen atoms in total. The molecule has 0 saturated carbocycles. The third kappa shape index (κ3) is 3.19. The molecule has 0 spiro atoms. The van der Waals surface area contributed by atoms with E-state index in [9.17, 15) is 0 Å². The maximum absolute atomic E-state index is 5.71. The van der Waals surface area contributed by atoms with Crippen molar-refractivity contribution in [3.05, 3.63) is 0 Å². The van der Waals surface area contributed by atoms with Crippen molar-refractivity contribution in [1.29, 1.82) is 0 Å². The second-order valence-corrected chi connectivity index (χ2v) is 5.52. The van der Waals surface area contributed by atoms with Gasteiger partial charge in [-0.15, -0.1) is 0 Å². The lowest BCUT2D eigenvalue weighted by atomic mass is 9.81. The first kappa shape index (κ1) is 12.3. The maximum Gasteiger partial charge on any atom is 0.0546 e. The number of hydrogen-bond donors (Lipinski definition) is 1. The fourth-order valence-electron chi connectivity index (χ4n) is 3.20. The predicted molar refractivity (Wildman–Crippen MR) is 66.7 cm³/mol. The molecular weight excluding hydrogens is 200 g/mol. The summed E-state index contributed by atoms with van der Waals surface area (Å²) in [4.78, 5) is 2.65. The number of piperidine rings is 1. The maximum atomic E-state index is 5.71. The van der Waals surface area contributed by atoms with Gasteiger partial charge in [0.1, 0.15) is 0 Å². The summed E-state index contributed by atoms with van der Waals surface area (Å²) in [5.41, 5.74) is 0.379. The molecule has 1 atom stereocenters. The fourth-order valence-corrected chi connectivity index (χ4v) is 3.20. The molecule has 0 amide bonds. The Balaban J connectivity index is 1.89. The van der Waals surface area contributed by atoms with Crippen molar-refractivity contribution in [3.63, 3.8) is 0 Å². The first-order valence-corrected chi connectivity index (χ1v) is 6.79. The first-order chi connectivity index (χ1) is 7.85. The summed E-state index contributed by atoms with van der Waals surface area (Å²) in [5.74, 6) is 0. The van der Waals surface area contributed by atoms with Crippen LogP contribution in [0.25, 0.3) is 0 Å². The normalized spacial score (nSPS) is 32.8. The van der Waals surface area contributed by atoms with E-state index in [1.807, 2.05) is 0 Å². The third-order valence-electron chi connectivity index (χ3n) is 3.96. The topological polar surface area (TPSA) is 24.5 Å². The fraction of sp³-hybridized carbons (Fsp3) is 1.00. The summed E-state index contributed by atoms with van der Waals surface area (Å²) in [6, 6.07) is 0. The van der Waals surface area contributed by atoms with Gasteiger partial charge in [-0.25, -0.2) is 0 Å². The van der Waals surface area contributed by atoms with E-state index in [0.717, 1.165) is 19.8 Å². The Morgan fingerprint density at radius 2 is 2.00 bits per heavy atom. The van der Waals surface area contributed by atoms with Gasteiger partial charge >= 0.3 is 0 Å². The monoisotopic (exact) mass is 226 g/mol. The molecule has 94 valence electrons. The number of likely N-dealkylation sites (tertiary alicyclic amines) is 1. The molecule has 2 aliphatic heterocycles. The molecule has 3 heteroatoms. The van der Waals surface area contributed by atoms with Crippen LogP contribution in [-0.2, 0) is 4.74 Å². The van der Waals surface area contributed by atoms with E-state index in [0.29, 0.717) is 5.41 Å². The van der Waals surface area contributed by atoms with Gasteiger partial charge < -0.3 is 15.0 Å². The molecule has 1 N–H and O–H groups in total. The van der Waals surface area contributed by atoms with Crippen molar-refractivity contribution in [2.75, 3.05) is 46.4 Å². The Hall–Kier alpha value is -0.120. The van der Waals surface area contributed by atoms with E-state index in [2.05, 4.69) is 17.3 Å². The Bertz CT molecular complexity index is 191. The second-order valence-electron chi connectivity index (χ2n) is 5.52. The van der Waals surface area contributed by atoms with Crippen LogP contribution in [0.5, 0.6) is 0 Å². The standard InChI is InChI=1S/C13H26N2O/c1-14-10-13(6-5-9-16-12-13)11-15-7-3-2-4-8-15/h14H,2-12H2,1H3. The highest BCUT2D eigenvalue weighted by molar-refractivity contribution is 4.87. The highest BCUT2D eigenvalue weighted by atomic mass is 16.5. The lowest BCUT2D eigenvalue weighted by molar-refractivity contribution is -0.0278. The molecule has 0 bridgehead atoms. The molecule has 0 aliphatic carbocycles. The van der Waals surface area contributed by atoms with Crippen LogP contribution in [0.4, 0.5) is 0 Å². The van der Waals surface area contributed by atoms with Crippen LogP contribution in [0.15, 0.2) is 0 Å². The lowest BCUT2D eigenvalue weighted by Crippen LogP contribution is -2.49. The quantitative estimate of drug-likeness (QED) is 0.786. The smallest absolute Gasteiger partial charge is 0.0546 e. The highest BCUT2D eigenvalue weighted by Gasteiger charge is 2.34. The molecule has 2 fully saturated rings. The van der Waals surface area contributed by atoms with E-state index < -0.39 is 0 Å². The van der Waals surface area contributed by atoms with Gasteiger partial charge in [-0.1, -0.05) is 6.42 Å². The predicted octanol–water partition coefficient (Wildman–Crippen LogP) is 1.49. The molecule has 0 aromatic carbocycles. The lowest BCUT2D eigenvalue weighted by Gasteiger charge is -2.42. The van der Waals surface area contributed by atoms with Crippen molar-refractivity contribution >= 4 is 0 Å². The number of nitrogens with zero attached hydrogens (tertiary/aromatic N) is 1. The SMILES string of the molecule is CNCC1(CN2CCCCC2)CCCOC1. The van der Waals surface area contributed by atoms with Crippen LogP contribution in [0.2, 0.25) is 0 Å². The van der Waals surface area contributed by atoms with Crippen molar-refractivity contribution in [3.8, 4) is 0 Å². The molecular formula is C13H26N2O. The van der Waals surface area contributed by atoms with Gasteiger partial charge in [0.25, 0.3) is 0 Å². The zero-order chi connectivity index (χ0) is 11.3. The summed E-state index contributed by atoms with van der Waals surface area (Å²) in [5, 5.41) is 3.36. The van der Waals surface area contributed by atoms with E-state index in [-0.39, 0.29) is 0 Å². The summed E-state index contributed by atoms with van der Waals surface area (Å²) >= 11 is 0. The van der Waals surface area contributed by atoms with E-state index in [1.54, 1.807) is 0 Å². The van der Waals surface area contributed by atoms with Gasteiger partial charge in [0.2, 0.25) is 0 Å². The Morgan fingerprint density at radius 3 is 2.62 bits per heavy atom.